The van der Waals surface area contributed by atoms with E-state index in [0.717, 1.165) is 60.3 Å². The molecule has 2 aromatic rings. The standard InChI is InChI=1S/C22H27ClN4/c1-16(24-3)19-8-11-25-22(15-19)26-17(2)27-12-9-18(10-13-27)14-20-6-4-5-7-21(20)23/h4-8,11,15,18,24H,1-2,9-10,12-14H2,3H3,(H,25,26). The maximum atomic E-state index is 6.31. The Morgan fingerprint density at radius 3 is 2.67 bits per heavy atom. The van der Waals surface area contributed by atoms with Crippen LogP contribution in [0, 0.1) is 5.92 Å². The van der Waals surface area contributed by atoms with E-state index in [4.69, 9.17) is 11.6 Å². The molecule has 0 saturated carbocycles. The van der Waals surface area contributed by atoms with E-state index >= 15 is 0 Å². The van der Waals surface area contributed by atoms with Crippen molar-refractivity contribution in [3.8, 4) is 0 Å². The first kappa shape index (κ1) is 19.3. The van der Waals surface area contributed by atoms with Crippen LogP contribution in [0.25, 0.3) is 5.70 Å². The van der Waals surface area contributed by atoms with Gasteiger partial charge in [-0.25, -0.2) is 4.98 Å². The van der Waals surface area contributed by atoms with Gasteiger partial charge < -0.3 is 15.5 Å². The van der Waals surface area contributed by atoms with E-state index in [-0.39, 0.29) is 0 Å². The summed E-state index contributed by atoms with van der Waals surface area (Å²) in [6.45, 7) is 10.2. The van der Waals surface area contributed by atoms with Gasteiger partial charge in [-0.1, -0.05) is 43.0 Å². The van der Waals surface area contributed by atoms with Crippen LogP contribution >= 0.6 is 11.6 Å². The maximum Gasteiger partial charge on any atom is 0.132 e. The van der Waals surface area contributed by atoms with Gasteiger partial charge in [0.25, 0.3) is 0 Å². The van der Waals surface area contributed by atoms with Crippen LogP contribution < -0.4 is 10.6 Å². The first-order valence-corrected chi connectivity index (χ1v) is 9.72. The van der Waals surface area contributed by atoms with E-state index in [2.05, 4.69) is 45.8 Å². The highest BCUT2D eigenvalue weighted by molar-refractivity contribution is 6.31. The molecule has 1 aromatic carbocycles. The van der Waals surface area contributed by atoms with Gasteiger partial charge in [0.15, 0.2) is 0 Å². The van der Waals surface area contributed by atoms with E-state index in [1.807, 2.05) is 31.3 Å². The molecule has 1 aliphatic rings. The smallest absolute Gasteiger partial charge is 0.132 e. The van der Waals surface area contributed by atoms with Gasteiger partial charge in [0.2, 0.25) is 0 Å². The summed E-state index contributed by atoms with van der Waals surface area (Å²) >= 11 is 6.31. The molecule has 1 saturated heterocycles. The second kappa shape index (κ2) is 8.96. The Morgan fingerprint density at radius 1 is 1.22 bits per heavy atom. The molecule has 2 N–H and O–H groups in total. The summed E-state index contributed by atoms with van der Waals surface area (Å²) < 4.78 is 0. The molecule has 0 aliphatic carbocycles. The van der Waals surface area contributed by atoms with Crippen LogP contribution in [-0.4, -0.2) is 30.0 Å². The van der Waals surface area contributed by atoms with Crippen molar-refractivity contribution in [2.75, 3.05) is 25.5 Å². The molecule has 27 heavy (non-hydrogen) atoms. The first-order chi connectivity index (χ1) is 13.1. The number of rotatable bonds is 7. The number of likely N-dealkylation sites (tertiary alicyclic amines) is 1. The van der Waals surface area contributed by atoms with E-state index in [9.17, 15) is 0 Å². The van der Waals surface area contributed by atoms with Crippen LogP contribution in [0.3, 0.4) is 0 Å². The second-order valence-corrected chi connectivity index (χ2v) is 7.36. The zero-order chi connectivity index (χ0) is 19.2. The number of nitrogens with one attached hydrogen (secondary N) is 2. The highest BCUT2D eigenvalue weighted by Gasteiger charge is 2.21. The highest BCUT2D eigenvalue weighted by atomic mass is 35.5. The predicted octanol–water partition coefficient (Wildman–Crippen LogP) is 4.76. The van der Waals surface area contributed by atoms with Crippen molar-refractivity contribution >= 4 is 23.1 Å². The Morgan fingerprint density at radius 2 is 1.96 bits per heavy atom. The lowest BCUT2D eigenvalue weighted by Gasteiger charge is -2.35. The van der Waals surface area contributed by atoms with Crippen molar-refractivity contribution in [2.24, 2.45) is 5.92 Å². The summed E-state index contributed by atoms with van der Waals surface area (Å²) in [6.07, 6.45) is 5.10. The van der Waals surface area contributed by atoms with Gasteiger partial charge in [0.1, 0.15) is 5.82 Å². The van der Waals surface area contributed by atoms with Crippen molar-refractivity contribution < 1.29 is 0 Å². The second-order valence-electron chi connectivity index (χ2n) is 6.96. The third-order valence-corrected chi connectivity index (χ3v) is 5.51. The largest absolute Gasteiger partial charge is 0.388 e. The summed E-state index contributed by atoms with van der Waals surface area (Å²) in [5, 5.41) is 7.27. The minimum atomic E-state index is 0.661. The highest BCUT2D eigenvalue weighted by Crippen LogP contribution is 2.27. The maximum absolute atomic E-state index is 6.31. The lowest BCUT2D eigenvalue weighted by molar-refractivity contribution is 0.228. The predicted molar refractivity (Wildman–Crippen MR) is 115 cm³/mol. The van der Waals surface area contributed by atoms with Crippen LogP contribution in [0.4, 0.5) is 5.82 Å². The van der Waals surface area contributed by atoms with Gasteiger partial charge in [-0.3, -0.25) is 0 Å². The van der Waals surface area contributed by atoms with Crippen molar-refractivity contribution in [1.29, 1.82) is 0 Å². The van der Waals surface area contributed by atoms with Crippen molar-refractivity contribution in [2.45, 2.75) is 19.3 Å². The van der Waals surface area contributed by atoms with E-state index in [1.54, 1.807) is 6.20 Å². The summed E-state index contributed by atoms with van der Waals surface area (Å²) in [6, 6.07) is 12.1. The Labute approximate surface area is 167 Å². The van der Waals surface area contributed by atoms with Gasteiger partial charge in [0, 0.05) is 42.6 Å². The molecule has 4 nitrogen and oxygen atoms in total. The Balaban J connectivity index is 1.53. The topological polar surface area (TPSA) is 40.2 Å². The van der Waals surface area contributed by atoms with Crippen LogP contribution in [-0.2, 0) is 6.42 Å². The molecular weight excluding hydrogens is 356 g/mol. The molecular formula is C22H27ClN4. The number of anilines is 1. The molecule has 0 unspecified atom stereocenters. The average Bonchev–Trinajstić information content (AvgIpc) is 2.70. The quantitative estimate of drug-likeness (QED) is 0.724. The fourth-order valence-corrected chi connectivity index (χ4v) is 3.65. The summed E-state index contributed by atoms with van der Waals surface area (Å²) in [7, 11) is 1.86. The van der Waals surface area contributed by atoms with Gasteiger partial charge in [-0.15, -0.1) is 0 Å². The molecule has 1 aliphatic heterocycles. The van der Waals surface area contributed by atoms with Crippen LogP contribution in [0.5, 0.6) is 0 Å². The number of benzene rings is 1. The minimum Gasteiger partial charge on any atom is -0.388 e. The number of aromatic nitrogens is 1. The fourth-order valence-electron chi connectivity index (χ4n) is 3.44. The zero-order valence-electron chi connectivity index (χ0n) is 15.8. The molecule has 0 atom stereocenters. The lowest BCUT2D eigenvalue weighted by Crippen LogP contribution is -2.35. The summed E-state index contributed by atoms with van der Waals surface area (Å²) in [5.41, 5.74) is 3.13. The molecule has 0 radical (unpaired) electrons. The van der Waals surface area contributed by atoms with Gasteiger partial charge in [-0.2, -0.15) is 0 Å². The Kier molecular flexibility index (Phi) is 6.40. The third kappa shape index (κ3) is 5.04. The van der Waals surface area contributed by atoms with E-state index < -0.39 is 0 Å². The molecule has 0 bridgehead atoms. The number of hydrogen-bond donors (Lipinski definition) is 2. The minimum absolute atomic E-state index is 0.661. The summed E-state index contributed by atoms with van der Waals surface area (Å²) in [4.78, 5) is 6.69. The Bertz CT molecular complexity index is 809. The normalized spacial score (nSPS) is 14.7. The number of hydrogen-bond acceptors (Lipinski definition) is 4. The number of halogens is 1. The molecule has 1 fully saturated rings. The first-order valence-electron chi connectivity index (χ1n) is 9.34. The van der Waals surface area contributed by atoms with Gasteiger partial charge >= 0.3 is 0 Å². The van der Waals surface area contributed by atoms with Gasteiger partial charge in [-0.05, 0) is 48.9 Å². The van der Waals surface area contributed by atoms with E-state index in [0.29, 0.717) is 5.92 Å². The van der Waals surface area contributed by atoms with Crippen LogP contribution in [0.2, 0.25) is 5.02 Å². The lowest BCUT2D eigenvalue weighted by atomic mass is 9.90. The number of piperidine rings is 1. The number of nitrogens with zero attached hydrogens (tertiary/aromatic N) is 2. The van der Waals surface area contributed by atoms with Crippen molar-refractivity contribution in [3.63, 3.8) is 0 Å². The van der Waals surface area contributed by atoms with Gasteiger partial charge in [0.05, 0.1) is 5.82 Å². The van der Waals surface area contributed by atoms with Crippen LogP contribution in [0.1, 0.15) is 24.0 Å². The Hall–Kier alpha value is -2.46. The fraction of sp³-hybridized carbons (Fsp3) is 0.318. The monoisotopic (exact) mass is 382 g/mol. The number of pyridine rings is 1. The molecule has 2 heterocycles. The van der Waals surface area contributed by atoms with Crippen LogP contribution in [0.15, 0.2) is 61.6 Å². The molecule has 5 heteroatoms. The molecule has 1 aromatic heterocycles. The SMILES string of the molecule is C=C(NC)c1ccnc(NC(=C)N2CCC(Cc3ccccc3Cl)CC2)c1. The third-order valence-electron chi connectivity index (χ3n) is 5.15. The van der Waals surface area contributed by atoms with Crippen molar-refractivity contribution in [3.05, 3.63) is 77.7 Å². The molecule has 142 valence electrons. The molecule has 0 amide bonds. The van der Waals surface area contributed by atoms with Crippen molar-refractivity contribution in [1.82, 2.24) is 15.2 Å². The molecule has 0 spiro atoms. The van der Waals surface area contributed by atoms with E-state index in [1.165, 1.54) is 5.56 Å². The summed E-state index contributed by atoms with van der Waals surface area (Å²) in [5.74, 6) is 2.34. The molecule has 3 rings (SSSR count). The zero-order valence-corrected chi connectivity index (χ0v) is 16.6. The average molecular weight is 383 g/mol.